The van der Waals surface area contributed by atoms with Crippen molar-refractivity contribution in [3.05, 3.63) is 68.5 Å². The van der Waals surface area contributed by atoms with Gasteiger partial charge in [0.2, 0.25) is 0 Å². The zero-order valence-corrected chi connectivity index (χ0v) is 14.8. The molecule has 0 atom stereocenters. The van der Waals surface area contributed by atoms with Gasteiger partial charge < -0.3 is 5.32 Å². The van der Waals surface area contributed by atoms with Crippen LogP contribution >= 0.6 is 11.3 Å². The molecule has 6 nitrogen and oxygen atoms in total. The summed E-state index contributed by atoms with van der Waals surface area (Å²) < 4.78 is 14.9. The molecule has 0 radical (unpaired) electrons. The summed E-state index contributed by atoms with van der Waals surface area (Å²) in [6.07, 6.45) is 1.38. The molecular formula is C18H16FN3O3S. The van der Waals surface area contributed by atoms with Crippen LogP contribution in [0.15, 0.2) is 36.4 Å². The van der Waals surface area contributed by atoms with Gasteiger partial charge in [-0.2, -0.15) is 0 Å². The van der Waals surface area contributed by atoms with Gasteiger partial charge >= 0.3 is 0 Å². The second kappa shape index (κ2) is 7.57. The number of halogens is 1. The van der Waals surface area contributed by atoms with Gasteiger partial charge in [0.05, 0.1) is 25.7 Å². The molecule has 0 bridgehead atoms. The normalized spacial score (nSPS) is 10.8. The number of aryl methyl sites for hydroxylation is 1. The molecule has 0 saturated heterocycles. The molecule has 8 heteroatoms. The number of nitrogens with one attached hydrogen (secondary N) is 1. The largest absolute Gasteiger partial charge is 0.352 e. The Morgan fingerprint density at radius 3 is 2.85 bits per heavy atom. The number of rotatable bonds is 6. The molecule has 1 heterocycles. The van der Waals surface area contributed by atoms with E-state index in [1.54, 1.807) is 11.3 Å². The first kappa shape index (κ1) is 17.9. The number of nitro groups is 1. The second-order valence-corrected chi connectivity index (χ2v) is 6.91. The molecule has 3 aromatic rings. The standard InChI is InChI=1S/C18H16FN3O3S/c1-11-13(19)9-12(10-15(11)22(24)25)18(23)20-8-4-7-17-21-14-5-2-3-6-16(14)26-17/h2-3,5-6,9-10H,4,7-8H2,1H3,(H,20,23). The highest BCUT2D eigenvalue weighted by atomic mass is 32.1. The SMILES string of the molecule is Cc1c(F)cc(C(=O)NCCCc2nc3ccccc3s2)cc1[N+](=O)[O-]. The monoisotopic (exact) mass is 373 g/mol. The van der Waals surface area contributed by atoms with E-state index in [0.29, 0.717) is 19.4 Å². The van der Waals surface area contributed by atoms with Crippen molar-refractivity contribution in [2.75, 3.05) is 6.54 Å². The van der Waals surface area contributed by atoms with Crippen LogP contribution in [0, 0.1) is 22.9 Å². The highest BCUT2D eigenvalue weighted by molar-refractivity contribution is 7.18. The van der Waals surface area contributed by atoms with Crippen molar-refractivity contribution in [3.8, 4) is 0 Å². The average Bonchev–Trinajstić information content (AvgIpc) is 3.03. The van der Waals surface area contributed by atoms with E-state index in [-0.39, 0.29) is 11.1 Å². The Bertz CT molecular complexity index is 954. The molecule has 134 valence electrons. The Balaban J connectivity index is 1.58. The lowest BCUT2D eigenvalue weighted by Crippen LogP contribution is -2.25. The molecule has 1 aromatic heterocycles. The maximum Gasteiger partial charge on any atom is 0.276 e. The van der Waals surface area contributed by atoms with Crippen LogP contribution in [0.2, 0.25) is 0 Å². The first-order valence-electron chi connectivity index (χ1n) is 8.03. The topological polar surface area (TPSA) is 85.1 Å². The molecule has 2 aromatic carbocycles. The quantitative estimate of drug-likeness (QED) is 0.402. The molecule has 0 spiro atoms. The Morgan fingerprint density at radius 1 is 1.35 bits per heavy atom. The predicted octanol–water partition coefficient (Wildman–Crippen LogP) is 4.01. The average molecular weight is 373 g/mol. The third-order valence-corrected chi connectivity index (χ3v) is 5.06. The van der Waals surface area contributed by atoms with Gasteiger partial charge in [-0.25, -0.2) is 9.37 Å². The first-order chi connectivity index (χ1) is 12.5. The molecule has 0 saturated carbocycles. The van der Waals surface area contributed by atoms with Crippen molar-refractivity contribution in [2.24, 2.45) is 0 Å². The van der Waals surface area contributed by atoms with Gasteiger partial charge in [0.1, 0.15) is 5.82 Å². The molecular weight excluding hydrogens is 357 g/mol. The molecule has 0 unspecified atom stereocenters. The Hall–Kier alpha value is -2.87. The van der Waals surface area contributed by atoms with E-state index in [4.69, 9.17) is 0 Å². The summed E-state index contributed by atoms with van der Waals surface area (Å²) in [6, 6.07) is 9.98. The van der Waals surface area contributed by atoms with Crippen LogP contribution in [0.25, 0.3) is 10.2 Å². The number of thiazole rings is 1. The number of carbonyl (C=O) groups is 1. The minimum atomic E-state index is -0.765. The smallest absolute Gasteiger partial charge is 0.276 e. The van der Waals surface area contributed by atoms with E-state index >= 15 is 0 Å². The number of carbonyl (C=O) groups excluding carboxylic acids is 1. The van der Waals surface area contributed by atoms with E-state index in [0.717, 1.165) is 27.4 Å². The molecule has 0 aliphatic heterocycles. The zero-order valence-electron chi connectivity index (χ0n) is 14.0. The number of benzene rings is 2. The predicted molar refractivity (Wildman–Crippen MR) is 98.1 cm³/mol. The molecule has 0 aliphatic carbocycles. The van der Waals surface area contributed by atoms with Crippen LogP contribution in [0.4, 0.5) is 10.1 Å². The van der Waals surface area contributed by atoms with Crippen LogP contribution < -0.4 is 5.32 Å². The van der Waals surface area contributed by atoms with Gasteiger partial charge in [-0.3, -0.25) is 14.9 Å². The van der Waals surface area contributed by atoms with Crippen LogP contribution in [0.3, 0.4) is 0 Å². The number of fused-ring (bicyclic) bond motifs is 1. The van der Waals surface area contributed by atoms with Crippen molar-refractivity contribution >= 4 is 33.1 Å². The number of amides is 1. The fourth-order valence-corrected chi connectivity index (χ4v) is 3.56. The minimum absolute atomic E-state index is 0.0558. The lowest BCUT2D eigenvalue weighted by molar-refractivity contribution is -0.385. The maximum atomic E-state index is 13.8. The summed E-state index contributed by atoms with van der Waals surface area (Å²) in [7, 11) is 0. The van der Waals surface area contributed by atoms with Gasteiger partial charge in [0.25, 0.3) is 11.6 Å². The van der Waals surface area contributed by atoms with Crippen molar-refractivity contribution < 1.29 is 14.1 Å². The van der Waals surface area contributed by atoms with Crippen molar-refractivity contribution in [3.63, 3.8) is 0 Å². The zero-order chi connectivity index (χ0) is 18.7. The fraction of sp³-hybridized carbons (Fsp3) is 0.222. The Kier molecular flexibility index (Phi) is 5.22. The van der Waals surface area contributed by atoms with Crippen LogP contribution in [0.5, 0.6) is 0 Å². The van der Waals surface area contributed by atoms with Crippen LogP contribution in [0.1, 0.15) is 27.3 Å². The number of hydrogen-bond donors (Lipinski definition) is 1. The summed E-state index contributed by atoms with van der Waals surface area (Å²) in [5, 5.41) is 14.6. The fourth-order valence-electron chi connectivity index (χ4n) is 2.56. The van der Waals surface area contributed by atoms with Crippen molar-refractivity contribution in [1.29, 1.82) is 0 Å². The summed E-state index contributed by atoms with van der Waals surface area (Å²) in [5.41, 5.74) is 0.422. The first-order valence-corrected chi connectivity index (χ1v) is 8.84. The number of hydrogen-bond acceptors (Lipinski definition) is 5. The molecule has 0 aliphatic rings. The third kappa shape index (κ3) is 3.85. The maximum absolute atomic E-state index is 13.8. The van der Waals surface area contributed by atoms with Gasteiger partial charge in [-0.15, -0.1) is 11.3 Å². The Morgan fingerprint density at radius 2 is 2.12 bits per heavy atom. The second-order valence-electron chi connectivity index (χ2n) is 5.79. The molecule has 1 N–H and O–H groups in total. The Labute approximate surface area is 152 Å². The molecule has 26 heavy (non-hydrogen) atoms. The number of nitrogens with zero attached hydrogens (tertiary/aromatic N) is 2. The minimum Gasteiger partial charge on any atom is -0.352 e. The van der Waals surface area contributed by atoms with Gasteiger partial charge in [0, 0.05) is 24.6 Å². The van der Waals surface area contributed by atoms with E-state index in [1.165, 1.54) is 6.92 Å². The lowest BCUT2D eigenvalue weighted by Gasteiger charge is -2.06. The molecule has 3 rings (SSSR count). The summed E-state index contributed by atoms with van der Waals surface area (Å²) in [4.78, 5) is 26.9. The molecule has 1 amide bonds. The van der Waals surface area contributed by atoms with E-state index in [2.05, 4.69) is 10.3 Å². The number of para-hydroxylation sites is 1. The van der Waals surface area contributed by atoms with E-state index in [9.17, 15) is 19.3 Å². The number of nitro benzene ring substituents is 1. The van der Waals surface area contributed by atoms with Crippen molar-refractivity contribution in [2.45, 2.75) is 19.8 Å². The summed E-state index contributed by atoms with van der Waals surface area (Å²) >= 11 is 1.61. The van der Waals surface area contributed by atoms with Gasteiger partial charge in [-0.1, -0.05) is 12.1 Å². The highest BCUT2D eigenvalue weighted by Crippen LogP contribution is 2.23. The van der Waals surface area contributed by atoms with E-state index < -0.39 is 22.3 Å². The number of aromatic nitrogens is 1. The van der Waals surface area contributed by atoms with Crippen molar-refractivity contribution in [1.82, 2.24) is 10.3 Å². The summed E-state index contributed by atoms with van der Waals surface area (Å²) in [6.45, 7) is 1.69. The van der Waals surface area contributed by atoms with Crippen LogP contribution in [-0.2, 0) is 6.42 Å². The summed E-state index contributed by atoms with van der Waals surface area (Å²) in [5.74, 6) is -1.30. The van der Waals surface area contributed by atoms with Gasteiger partial charge in [-0.05, 0) is 31.5 Å². The highest BCUT2D eigenvalue weighted by Gasteiger charge is 2.19. The molecule has 0 fully saturated rings. The van der Waals surface area contributed by atoms with E-state index in [1.807, 2.05) is 24.3 Å². The van der Waals surface area contributed by atoms with Gasteiger partial charge in [0.15, 0.2) is 0 Å². The third-order valence-electron chi connectivity index (χ3n) is 3.97. The lowest BCUT2D eigenvalue weighted by atomic mass is 10.1. The van der Waals surface area contributed by atoms with Crippen LogP contribution in [-0.4, -0.2) is 22.4 Å².